The molecule has 4 nitrogen and oxygen atoms in total. The molecule has 1 aliphatic heterocycles. The van der Waals surface area contributed by atoms with Crippen LogP contribution >= 0.6 is 0 Å². The van der Waals surface area contributed by atoms with Gasteiger partial charge in [-0.1, -0.05) is 12.5 Å². The Balaban J connectivity index is 1.81. The van der Waals surface area contributed by atoms with E-state index in [0.717, 1.165) is 30.7 Å². The average Bonchev–Trinajstić information content (AvgIpc) is 2.53. The summed E-state index contributed by atoms with van der Waals surface area (Å²) in [7, 11) is 0. The van der Waals surface area contributed by atoms with Gasteiger partial charge in [-0.05, 0) is 31.9 Å². The van der Waals surface area contributed by atoms with Gasteiger partial charge in [-0.25, -0.2) is 0 Å². The molecule has 0 radical (unpaired) electrons. The van der Waals surface area contributed by atoms with Crippen molar-refractivity contribution < 1.29 is 9.59 Å². The fourth-order valence-corrected chi connectivity index (χ4v) is 2.86. The van der Waals surface area contributed by atoms with Crippen LogP contribution in [-0.2, 0) is 16.1 Å². The maximum absolute atomic E-state index is 12.3. The number of aromatic nitrogens is 1. The third-order valence-electron chi connectivity index (χ3n) is 4.07. The number of amides is 2. The first-order valence-electron chi connectivity index (χ1n) is 6.38. The van der Waals surface area contributed by atoms with E-state index in [4.69, 9.17) is 0 Å². The fourth-order valence-electron chi connectivity index (χ4n) is 2.86. The highest BCUT2D eigenvalue weighted by molar-refractivity contribution is 6.06. The second-order valence-corrected chi connectivity index (χ2v) is 5.37. The molecule has 2 heterocycles. The van der Waals surface area contributed by atoms with Gasteiger partial charge in [0.1, 0.15) is 0 Å². The summed E-state index contributed by atoms with van der Waals surface area (Å²) >= 11 is 0. The molecule has 0 bridgehead atoms. The van der Waals surface area contributed by atoms with Gasteiger partial charge in [-0.3, -0.25) is 19.5 Å². The molecule has 1 saturated heterocycles. The van der Waals surface area contributed by atoms with Gasteiger partial charge in [0.2, 0.25) is 11.8 Å². The Hall–Kier alpha value is -1.71. The van der Waals surface area contributed by atoms with E-state index in [0.29, 0.717) is 13.0 Å². The lowest BCUT2D eigenvalue weighted by Gasteiger charge is -2.35. The van der Waals surface area contributed by atoms with Gasteiger partial charge in [0.25, 0.3) is 0 Å². The topological polar surface area (TPSA) is 50.3 Å². The van der Waals surface area contributed by atoms with E-state index in [1.165, 1.54) is 4.90 Å². The molecule has 0 aromatic carbocycles. The third-order valence-corrected chi connectivity index (χ3v) is 4.07. The normalized spacial score (nSPS) is 21.5. The van der Waals surface area contributed by atoms with Crippen molar-refractivity contribution in [2.24, 2.45) is 5.41 Å². The average molecular weight is 244 g/mol. The zero-order valence-electron chi connectivity index (χ0n) is 10.5. The van der Waals surface area contributed by atoms with Crippen molar-refractivity contribution in [2.75, 3.05) is 0 Å². The Labute approximate surface area is 106 Å². The Morgan fingerprint density at radius 1 is 1.33 bits per heavy atom. The summed E-state index contributed by atoms with van der Waals surface area (Å²) in [6.45, 7) is 2.23. The summed E-state index contributed by atoms with van der Waals surface area (Å²) in [6.07, 6.45) is 3.21. The summed E-state index contributed by atoms with van der Waals surface area (Å²) in [5.74, 6) is -0.0231. The predicted molar refractivity (Wildman–Crippen MR) is 65.4 cm³/mol. The summed E-state index contributed by atoms with van der Waals surface area (Å²) in [5, 5.41) is 0. The van der Waals surface area contributed by atoms with Crippen molar-refractivity contribution in [1.82, 2.24) is 9.88 Å². The van der Waals surface area contributed by atoms with Gasteiger partial charge in [0, 0.05) is 12.1 Å². The van der Waals surface area contributed by atoms with Crippen molar-refractivity contribution in [1.29, 1.82) is 0 Å². The number of imide groups is 1. The number of aryl methyl sites for hydroxylation is 1. The minimum absolute atomic E-state index is 0.0158. The van der Waals surface area contributed by atoms with Crippen LogP contribution in [0.1, 0.15) is 37.1 Å². The van der Waals surface area contributed by atoms with Crippen LogP contribution < -0.4 is 0 Å². The van der Waals surface area contributed by atoms with Crippen LogP contribution in [0.4, 0.5) is 0 Å². The summed E-state index contributed by atoms with van der Waals surface area (Å²) in [4.78, 5) is 30.0. The molecule has 0 atom stereocenters. The van der Waals surface area contributed by atoms with Gasteiger partial charge >= 0.3 is 0 Å². The number of likely N-dealkylation sites (tertiary alicyclic amines) is 1. The van der Waals surface area contributed by atoms with E-state index in [1.54, 1.807) is 0 Å². The molecule has 1 aliphatic carbocycles. The van der Waals surface area contributed by atoms with Crippen molar-refractivity contribution in [2.45, 2.75) is 39.2 Å². The van der Waals surface area contributed by atoms with Gasteiger partial charge in [0.15, 0.2) is 0 Å². The maximum atomic E-state index is 12.3. The zero-order valence-corrected chi connectivity index (χ0v) is 10.5. The highest BCUT2D eigenvalue weighted by atomic mass is 16.2. The minimum atomic E-state index is -0.346. The van der Waals surface area contributed by atoms with E-state index >= 15 is 0 Å². The third kappa shape index (κ3) is 1.64. The lowest BCUT2D eigenvalue weighted by molar-refractivity contribution is -0.144. The van der Waals surface area contributed by atoms with E-state index in [9.17, 15) is 9.59 Å². The molecule has 0 N–H and O–H groups in total. The lowest BCUT2D eigenvalue weighted by Crippen LogP contribution is -2.39. The first kappa shape index (κ1) is 11.4. The summed E-state index contributed by atoms with van der Waals surface area (Å²) < 4.78 is 0. The molecule has 1 spiro atoms. The molecule has 4 heteroatoms. The predicted octanol–water partition coefficient (Wildman–Crippen LogP) is 1.82. The van der Waals surface area contributed by atoms with Crippen molar-refractivity contribution in [3.63, 3.8) is 0 Å². The van der Waals surface area contributed by atoms with Crippen LogP contribution in [0, 0.1) is 12.3 Å². The van der Waals surface area contributed by atoms with Crippen LogP contribution in [0.3, 0.4) is 0 Å². The van der Waals surface area contributed by atoms with Gasteiger partial charge in [-0.15, -0.1) is 0 Å². The second-order valence-electron chi connectivity index (χ2n) is 5.37. The molecule has 94 valence electrons. The van der Waals surface area contributed by atoms with E-state index in [-0.39, 0.29) is 17.2 Å². The fraction of sp³-hybridized carbons (Fsp3) is 0.500. The molecule has 2 fully saturated rings. The second kappa shape index (κ2) is 3.90. The van der Waals surface area contributed by atoms with Crippen molar-refractivity contribution in [3.05, 3.63) is 29.6 Å². The Kier molecular flexibility index (Phi) is 2.47. The molecular weight excluding hydrogens is 228 g/mol. The number of hydrogen-bond acceptors (Lipinski definition) is 3. The summed E-state index contributed by atoms with van der Waals surface area (Å²) in [5.41, 5.74) is 1.35. The Bertz CT molecular complexity index is 520. The number of rotatable bonds is 2. The summed E-state index contributed by atoms with van der Waals surface area (Å²) in [6, 6.07) is 5.67. The largest absolute Gasteiger partial charge is 0.276 e. The molecule has 2 aliphatic rings. The number of carbonyl (C=O) groups is 2. The molecule has 3 rings (SSSR count). The highest BCUT2D eigenvalue weighted by Crippen LogP contribution is 2.49. The van der Waals surface area contributed by atoms with Crippen molar-refractivity contribution >= 4 is 11.8 Å². The van der Waals surface area contributed by atoms with E-state index < -0.39 is 0 Å². The van der Waals surface area contributed by atoms with Gasteiger partial charge in [0.05, 0.1) is 17.7 Å². The number of pyridine rings is 1. The number of hydrogen-bond donors (Lipinski definition) is 0. The molecule has 0 unspecified atom stereocenters. The zero-order chi connectivity index (χ0) is 12.8. The van der Waals surface area contributed by atoms with Gasteiger partial charge < -0.3 is 0 Å². The number of carbonyl (C=O) groups excluding carboxylic acids is 2. The number of nitrogens with zero attached hydrogens (tertiary/aromatic N) is 2. The standard InChI is InChI=1S/C14H16N2O2/c1-10-4-2-5-11(15-10)9-16-12(17)8-14(13(16)18)6-3-7-14/h2,4-5H,3,6-9H2,1H3. The van der Waals surface area contributed by atoms with Crippen LogP contribution in [0.2, 0.25) is 0 Å². The smallest absolute Gasteiger partial charge is 0.236 e. The minimum Gasteiger partial charge on any atom is -0.276 e. The Morgan fingerprint density at radius 2 is 2.11 bits per heavy atom. The first-order valence-corrected chi connectivity index (χ1v) is 6.38. The van der Waals surface area contributed by atoms with Crippen LogP contribution in [0.15, 0.2) is 18.2 Å². The monoisotopic (exact) mass is 244 g/mol. The first-order chi connectivity index (χ1) is 8.61. The quantitative estimate of drug-likeness (QED) is 0.746. The highest BCUT2D eigenvalue weighted by Gasteiger charge is 2.54. The molecular formula is C14H16N2O2. The molecule has 1 aromatic rings. The van der Waals surface area contributed by atoms with Crippen LogP contribution in [0.25, 0.3) is 0 Å². The molecule has 2 amide bonds. The lowest BCUT2D eigenvalue weighted by atomic mass is 9.68. The Morgan fingerprint density at radius 3 is 2.67 bits per heavy atom. The van der Waals surface area contributed by atoms with Crippen molar-refractivity contribution in [3.8, 4) is 0 Å². The maximum Gasteiger partial charge on any atom is 0.236 e. The molecule has 18 heavy (non-hydrogen) atoms. The van der Waals surface area contributed by atoms with Crippen LogP contribution in [-0.4, -0.2) is 21.7 Å². The SMILES string of the molecule is Cc1cccc(CN2C(=O)CC3(CCC3)C2=O)n1. The molecule has 1 saturated carbocycles. The van der Waals surface area contributed by atoms with E-state index in [1.807, 2.05) is 25.1 Å². The van der Waals surface area contributed by atoms with Gasteiger partial charge in [-0.2, -0.15) is 0 Å². The van der Waals surface area contributed by atoms with Crippen LogP contribution in [0.5, 0.6) is 0 Å². The van der Waals surface area contributed by atoms with E-state index in [2.05, 4.69) is 4.98 Å². The molecule has 1 aromatic heterocycles.